The molecule has 0 radical (unpaired) electrons. The van der Waals surface area contributed by atoms with Crippen LogP contribution in [-0.2, 0) is 14.8 Å². The van der Waals surface area contributed by atoms with Gasteiger partial charge in [0.25, 0.3) is 0 Å². The molecule has 0 unspecified atom stereocenters. The third-order valence-electron chi connectivity index (χ3n) is 6.02. The number of carbonyl (C=O) groups is 1. The molecule has 31 heavy (non-hydrogen) atoms. The molecule has 0 saturated carbocycles. The minimum atomic E-state index is -3.55. The summed E-state index contributed by atoms with van der Waals surface area (Å²) in [6.07, 6.45) is 3.60. The first kappa shape index (κ1) is 23.3. The van der Waals surface area contributed by atoms with Gasteiger partial charge in [-0.05, 0) is 48.9 Å². The predicted octanol–water partition coefficient (Wildman–Crippen LogP) is 3.73. The van der Waals surface area contributed by atoms with E-state index in [9.17, 15) is 13.2 Å². The second kappa shape index (κ2) is 9.83. The molecule has 0 aromatic heterocycles. The molecule has 6 nitrogen and oxygen atoms in total. The van der Waals surface area contributed by atoms with Gasteiger partial charge in [-0.25, -0.2) is 8.42 Å². The van der Waals surface area contributed by atoms with Crippen LogP contribution >= 0.6 is 0 Å². The highest BCUT2D eigenvalue weighted by molar-refractivity contribution is 7.88. The molecule has 0 spiro atoms. The lowest BCUT2D eigenvalue weighted by atomic mass is 9.99. The van der Waals surface area contributed by atoms with Crippen LogP contribution in [0.2, 0.25) is 0 Å². The van der Waals surface area contributed by atoms with Crippen LogP contribution in [0.25, 0.3) is 0 Å². The summed E-state index contributed by atoms with van der Waals surface area (Å²) < 4.78 is 25.4. The normalized spacial score (nSPS) is 19.1. The first-order valence-corrected chi connectivity index (χ1v) is 12.6. The van der Waals surface area contributed by atoms with Crippen LogP contribution in [0.15, 0.2) is 54.6 Å². The topological polar surface area (TPSA) is 69.7 Å². The van der Waals surface area contributed by atoms with E-state index < -0.39 is 16.1 Å². The van der Waals surface area contributed by atoms with Gasteiger partial charge in [-0.2, -0.15) is 4.31 Å². The van der Waals surface area contributed by atoms with E-state index in [0.717, 1.165) is 29.2 Å². The van der Waals surface area contributed by atoms with Gasteiger partial charge in [0.15, 0.2) is 0 Å². The average molecular weight is 444 g/mol. The Morgan fingerprint density at radius 2 is 1.74 bits per heavy atom. The van der Waals surface area contributed by atoms with E-state index in [0.29, 0.717) is 11.5 Å². The quantitative estimate of drug-likeness (QED) is 0.708. The summed E-state index contributed by atoms with van der Waals surface area (Å²) in [4.78, 5) is 15.6. The van der Waals surface area contributed by atoms with Gasteiger partial charge in [0.05, 0.1) is 12.3 Å². The van der Waals surface area contributed by atoms with Gasteiger partial charge < -0.3 is 10.2 Å². The second-order valence-electron chi connectivity index (χ2n) is 8.61. The van der Waals surface area contributed by atoms with Gasteiger partial charge in [0.2, 0.25) is 15.9 Å². The molecule has 3 rings (SSSR count). The SMILES string of the molecule is C[C@@H]1CCCN(c2ccc([C@@H](C)NC(=O)[C@H](c3ccccc3)N(C)S(C)(=O)=O)cc2)C1. The number of likely N-dealkylation sites (N-methyl/N-ethyl adjacent to an activating group) is 1. The van der Waals surface area contributed by atoms with E-state index in [2.05, 4.69) is 29.3 Å². The standard InChI is InChI=1S/C24H33N3O3S/c1-18-9-8-16-27(17-18)22-14-12-20(13-15-22)19(2)25-24(28)23(26(3)31(4,29)30)21-10-6-5-7-11-21/h5-7,10-15,18-19,23H,8-9,16-17H2,1-4H3,(H,25,28)/t18-,19-,23+/m1/s1. The average Bonchev–Trinajstić information content (AvgIpc) is 2.74. The Balaban J connectivity index is 1.74. The van der Waals surface area contributed by atoms with Crippen molar-refractivity contribution in [3.8, 4) is 0 Å². The Hall–Kier alpha value is -2.38. The summed E-state index contributed by atoms with van der Waals surface area (Å²) in [7, 11) is -2.12. The fourth-order valence-corrected chi connectivity index (χ4v) is 4.73. The molecule has 1 N–H and O–H groups in total. The number of carbonyl (C=O) groups excluding carboxylic acids is 1. The number of nitrogens with zero attached hydrogens (tertiary/aromatic N) is 2. The minimum Gasteiger partial charge on any atom is -0.371 e. The van der Waals surface area contributed by atoms with E-state index in [1.165, 1.54) is 25.6 Å². The van der Waals surface area contributed by atoms with Crippen LogP contribution in [0.4, 0.5) is 5.69 Å². The third kappa shape index (κ3) is 5.86. The Kier molecular flexibility index (Phi) is 7.38. The van der Waals surface area contributed by atoms with Crippen molar-refractivity contribution in [1.29, 1.82) is 0 Å². The van der Waals surface area contributed by atoms with Gasteiger partial charge in [0.1, 0.15) is 6.04 Å². The molecule has 1 heterocycles. The number of nitrogens with one attached hydrogen (secondary N) is 1. The molecular formula is C24H33N3O3S. The number of amides is 1. The summed E-state index contributed by atoms with van der Waals surface area (Å²) in [6.45, 7) is 6.35. The van der Waals surface area contributed by atoms with Crippen LogP contribution in [0.5, 0.6) is 0 Å². The summed E-state index contributed by atoms with van der Waals surface area (Å²) in [5, 5.41) is 3.00. The zero-order chi connectivity index (χ0) is 22.6. The summed E-state index contributed by atoms with van der Waals surface area (Å²) in [5.41, 5.74) is 2.82. The Labute approximate surface area is 186 Å². The van der Waals surface area contributed by atoms with Crippen molar-refractivity contribution in [2.24, 2.45) is 5.92 Å². The number of anilines is 1. The summed E-state index contributed by atoms with van der Waals surface area (Å²) >= 11 is 0. The van der Waals surface area contributed by atoms with Crippen molar-refractivity contribution >= 4 is 21.6 Å². The molecule has 1 aliphatic heterocycles. The van der Waals surface area contributed by atoms with E-state index in [4.69, 9.17) is 0 Å². The van der Waals surface area contributed by atoms with Crippen LogP contribution in [0.1, 0.15) is 49.9 Å². The molecular weight excluding hydrogens is 410 g/mol. The molecule has 3 atom stereocenters. The van der Waals surface area contributed by atoms with Crippen molar-refractivity contribution in [2.45, 2.75) is 38.8 Å². The van der Waals surface area contributed by atoms with Crippen molar-refractivity contribution in [1.82, 2.24) is 9.62 Å². The zero-order valence-electron chi connectivity index (χ0n) is 18.8. The number of piperidine rings is 1. The molecule has 2 aromatic carbocycles. The van der Waals surface area contributed by atoms with E-state index in [-0.39, 0.29) is 11.9 Å². The summed E-state index contributed by atoms with van der Waals surface area (Å²) in [5.74, 6) is 0.356. The van der Waals surface area contributed by atoms with Crippen molar-refractivity contribution in [2.75, 3.05) is 31.3 Å². The maximum Gasteiger partial charge on any atom is 0.243 e. The Morgan fingerprint density at radius 3 is 2.32 bits per heavy atom. The molecule has 0 aliphatic carbocycles. The Morgan fingerprint density at radius 1 is 1.10 bits per heavy atom. The molecule has 7 heteroatoms. The van der Waals surface area contributed by atoms with E-state index in [1.54, 1.807) is 24.3 Å². The third-order valence-corrected chi connectivity index (χ3v) is 7.28. The van der Waals surface area contributed by atoms with Crippen molar-refractivity contribution in [3.63, 3.8) is 0 Å². The van der Waals surface area contributed by atoms with Gasteiger partial charge in [-0.3, -0.25) is 4.79 Å². The highest BCUT2D eigenvalue weighted by Crippen LogP contribution is 2.26. The maximum absolute atomic E-state index is 13.1. The van der Waals surface area contributed by atoms with E-state index >= 15 is 0 Å². The van der Waals surface area contributed by atoms with Crippen LogP contribution in [0, 0.1) is 5.92 Å². The predicted molar refractivity (Wildman–Crippen MR) is 125 cm³/mol. The first-order chi connectivity index (χ1) is 14.7. The van der Waals surface area contributed by atoms with Crippen LogP contribution < -0.4 is 10.2 Å². The van der Waals surface area contributed by atoms with Gasteiger partial charge in [-0.15, -0.1) is 0 Å². The van der Waals surface area contributed by atoms with E-state index in [1.807, 2.05) is 25.1 Å². The number of hydrogen-bond acceptors (Lipinski definition) is 4. The van der Waals surface area contributed by atoms with Gasteiger partial charge in [0, 0.05) is 25.8 Å². The highest BCUT2D eigenvalue weighted by atomic mass is 32.2. The van der Waals surface area contributed by atoms with Gasteiger partial charge >= 0.3 is 0 Å². The van der Waals surface area contributed by atoms with Crippen LogP contribution in [-0.4, -0.2) is 45.0 Å². The lowest BCUT2D eigenvalue weighted by molar-refractivity contribution is -0.125. The fraction of sp³-hybridized carbons (Fsp3) is 0.458. The lowest BCUT2D eigenvalue weighted by Crippen LogP contribution is -2.42. The smallest absolute Gasteiger partial charge is 0.243 e. The Bertz CT molecular complexity index is 977. The zero-order valence-corrected chi connectivity index (χ0v) is 19.6. The van der Waals surface area contributed by atoms with Crippen LogP contribution in [0.3, 0.4) is 0 Å². The second-order valence-corrected chi connectivity index (χ2v) is 10.6. The first-order valence-electron chi connectivity index (χ1n) is 10.8. The number of benzene rings is 2. The molecule has 1 saturated heterocycles. The van der Waals surface area contributed by atoms with Gasteiger partial charge in [-0.1, -0.05) is 49.4 Å². The molecule has 1 fully saturated rings. The number of rotatable bonds is 7. The molecule has 168 valence electrons. The van der Waals surface area contributed by atoms with Crippen molar-refractivity contribution in [3.05, 3.63) is 65.7 Å². The number of sulfonamides is 1. The largest absolute Gasteiger partial charge is 0.371 e. The maximum atomic E-state index is 13.1. The molecule has 1 amide bonds. The number of hydrogen-bond donors (Lipinski definition) is 1. The molecule has 2 aromatic rings. The monoisotopic (exact) mass is 443 g/mol. The fourth-order valence-electron chi connectivity index (χ4n) is 4.13. The minimum absolute atomic E-state index is 0.249. The molecule has 0 bridgehead atoms. The lowest BCUT2D eigenvalue weighted by Gasteiger charge is -2.33. The summed E-state index contributed by atoms with van der Waals surface area (Å²) in [6, 6.07) is 16.1. The van der Waals surface area contributed by atoms with Crippen molar-refractivity contribution < 1.29 is 13.2 Å². The molecule has 1 aliphatic rings. The highest BCUT2D eigenvalue weighted by Gasteiger charge is 2.31.